The average molecular weight is 949 g/mol. The quantitative estimate of drug-likeness (QED) is 0.163. The Kier molecular flexibility index (Phi) is 10.1. The number of benzene rings is 4. The molecule has 0 atom stereocenters. The summed E-state index contributed by atoms with van der Waals surface area (Å²) in [7, 11) is 0. The van der Waals surface area contributed by atoms with Crippen LogP contribution >= 0.6 is 11.3 Å². The average Bonchev–Trinajstić information content (AvgIpc) is 3.73. The first kappa shape index (κ1) is 47.3. The van der Waals surface area contributed by atoms with Crippen LogP contribution in [0, 0.1) is 0 Å². The molecule has 0 bridgehead atoms. The number of fused-ring (bicyclic) bond motifs is 9. The van der Waals surface area contributed by atoms with E-state index in [-0.39, 0.29) is 50.0 Å². The minimum Gasteiger partial charge on any atom is -0.311 e. The first-order valence-corrected chi connectivity index (χ1v) is 28.9. The summed E-state index contributed by atoms with van der Waals surface area (Å²) in [6.45, 7) is 40.6. The second kappa shape index (κ2) is 14.9. The molecule has 5 aromatic rings. The first-order chi connectivity index (χ1) is 32.6. The summed E-state index contributed by atoms with van der Waals surface area (Å²) in [6, 6.07) is 26.6. The fourth-order valence-corrected chi connectivity index (χ4v) is 17.2. The van der Waals surface area contributed by atoms with Gasteiger partial charge >= 0.3 is 0 Å². The number of rotatable bonds is 3. The minimum absolute atomic E-state index is 0.0408. The molecular weight excluding hydrogens is 864 g/mol. The minimum atomic E-state index is 0.0408. The number of hydrogen-bond donors (Lipinski definition) is 0. The van der Waals surface area contributed by atoms with Gasteiger partial charge in [-0.05, 0) is 211 Å². The summed E-state index contributed by atoms with van der Waals surface area (Å²) in [5, 5.41) is 0. The predicted octanol–water partition coefficient (Wildman–Crippen LogP) is 17.3. The van der Waals surface area contributed by atoms with Gasteiger partial charge in [-0.25, -0.2) is 0 Å². The molecule has 12 rings (SSSR count). The van der Waals surface area contributed by atoms with Crippen LogP contribution < -0.4 is 25.5 Å². The molecule has 0 spiro atoms. The molecule has 5 aliphatic carbocycles. The van der Waals surface area contributed by atoms with E-state index < -0.39 is 0 Å². The van der Waals surface area contributed by atoms with Crippen LogP contribution in [0.1, 0.15) is 250 Å². The second-order valence-corrected chi connectivity index (χ2v) is 30.5. The van der Waals surface area contributed by atoms with Crippen molar-refractivity contribution >= 4 is 67.9 Å². The Morgan fingerprint density at radius 2 is 0.857 bits per heavy atom. The highest BCUT2D eigenvalue weighted by molar-refractivity contribution is 7.29. The number of hydrogen-bond acceptors (Lipinski definition) is 3. The molecule has 4 heteroatoms. The Morgan fingerprint density at radius 3 is 1.39 bits per heavy atom. The molecule has 0 saturated heterocycles. The Morgan fingerprint density at radius 1 is 0.429 bits per heavy atom. The lowest BCUT2D eigenvalue weighted by molar-refractivity contribution is 0.332. The Balaban J connectivity index is 1.23. The third-order valence-corrected chi connectivity index (χ3v) is 22.4. The highest BCUT2D eigenvalue weighted by atomic mass is 32.1. The van der Waals surface area contributed by atoms with E-state index in [0.29, 0.717) is 5.92 Å². The topological polar surface area (TPSA) is 6.48 Å². The molecular formula is C66H85BN2S. The lowest BCUT2D eigenvalue weighted by Gasteiger charge is -2.48. The van der Waals surface area contributed by atoms with Gasteiger partial charge in [-0.3, -0.25) is 0 Å². The van der Waals surface area contributed by atoms with Gasteiger partial charge in [0.05, 0.1) is 5.69 Å². The fraction of sp³-hybridized carbons (Fsp3) is 0.576. The number of anilines is 6. The smallest absolute Gasteiger partial charge is 0.264 e. The largest absolute Gasteiger partial charge is 0.311 e. The van der Waals surface area contributed by atoms with Gasteiger partial charge in [0, 0.05) is 38.1 Å². The molecule has 0 amide bonds. The van der Waals surface area contributed by atoms with Gasteiger partial charge < -0.3 is 9.80 Å². The van der Waals surface area contributed by atoms with Crippen LogP contribution in [0.3, 0.4) is 0 Å². The van der Waals surface area contributed by atoms with E-state index in [1.807, 2.05) is 0 Å². The van der Waals surface area contributed by atoms with E-state index in [1.165, 1.54) is 134 Å². The summed E-state index contributed by atoms with van der Waals surface area (Å²) in [6.07, 6.45) is 16.3. The van der Waals surface area contributed by atoms with Crippen molar-refractivity contribution in [3.8, 4) is 0 Å². The summed E-state index contributed by atoms with van der Waals surface area (Å²) >= 11 is 2.20. The van der Waals surface area contributed by atoms with Crippen LogP contribution in [0.5, 0.6) is 0 Å². The molecule has 1 saturated carbocycles. The molecule has 2 nitrogen and oxygen atoms in total. The van der Waals surface area contributed by atoms with E-state index >= 15 is 0 Å². The van der Waals surface area contributed by atoms with Crippen molar-refractivity contribution in [2.75, 3.05) is 9.80 Å². The van der Waals surface area contributed by atoms with Crippen LogP contribution in [0.15, 0.2) is 60.7 Å². The van der Waals surface area contributed by atoms with Crippen molar-refractivity contribution in [3.63, 3.8) is 0 Å². The molecule has 3 heterocycles. The molecule has 2 aliphatic heterocycles. The molecule has 368 valence electrons. The maximum Gasteiger partial charge on any atom is 0.264 e. The Bertz CT molecular complexity index is 3010. The highest BCUT2D eigenvalue weighted by Crippen LogP contribution is 2.59. The van der Waals surface area contributed by atoms with E-state index in [4.69, 9.17) is 0 Å². The van der Waals surface area contributed by atoms with E-state index in [2.05, 4.69) is 193 Å². The van der Waals surface area contributed by atoms with Crippen LogP contribution in [0.25, 0.3) is 0 Å². The maximum atomic E-state index is 2.89. The van der Waals surface area contributed by atoms with E-state index in [0.717, 1.165) is 0 Å². The molecule has 0 radical (unpaired) electrons. The Hall–Kier alpha value is -3.76. The van der Waals surface area contributed by atoms with Crippen LogP contribution in [0.2, 0.25) is 0 Å². The molecule has 70 heavy (non-hydrogen) atoms. The Labute approximate surface area is 428 Å². The molecule has 1 fully saturated rings. The fourth-order valence-electron chi connectivity index (χ4n) is 15.5. The van der Waals surface area contributed by atoms with Gasteiger partial charge in [-0.2, -0.15) is 11.3 Å². The van der Waals surface area contributed by atoms with Gasteiger partial charge in [0.1, 0.15) is 0 Å². The summed E-state index contributed by atoms with van der Waals surface area (Å²) in [5.41, 5.74) is 24.8. The van der Waals surface area contributed by atoms with Crippen molar-refractivity contribution < 1.29 is 0 Å². The van der Waals surface area contributed by atoms with E-state index in [1.54, 1.807) is 48.6 Å². The van der Waals surface area contributed by atoms with Crippen LogP contribution in [0.4, 0.5) is 34.1 Å². The van der Waals surface area contributed by atoms with Gasteiger partial charge in [-0.15, -0.1) is 0 Å². The summed E-state index contributed by atoms with van der Waals surface area (Å²) in [4.78, 5) is 7.35. The van der Waals surface area contributed by atoms with Crippen molar-refractivity contribution in [2.45, 2.75) is 243 Å². The predicted molar refractivity (Wildman–Crippen MR) is 305 cm³/mol. The van der Waals surface area contributed by atoms with Gasteiger partial charge in [0.2, 0.25) is 0 Å². The standard InChI is InChI=1S/C66H85BN2S/c1-59(2)26-28-61(5,6)46-36-42(22-24-44(46)59)68-51-39-49-48(63(9,10)30-31-64(49,11)12)38-50(51)67-55-52(68)34-41(40-20-18-17-19-21-40)35-53(55)69(43-23-25-45-47(37-43)62(7,8)29-27-60(45,3)4)56-54-57(70-58(56)67)66(15,16)33-32-65(54,13)14/h22-25,34-40H,17-21,26-33H2,1-16H3. The third kappa shape index (κ3) is 6.81. The van der Waals surface area contributed by atoms with Crippen LogP contribution in [-0.2, 0) is 43.3 Å². The van der Waals surface area contributed by atoms with Gasteiger partial charge in [0.15, 0.2) is 0 Å². The van der Waals surface area contributed by atoms with Crippen molar-refractivity contribution in [2.24, 2.45) is 0 Å². The summed E-state index contributed by atoms with van der Waals surface area (Å²) < 4.78 is 1.58. The normalized spacial score (nSPS) is 24.3. The van der Waals surface area contributed by atoms with Gasteiger partial charge in [0.25, 0.3) is 6.71 Å². The molecule has 0 N–H and O–H groups in total. The van der Waals surface area contributed by atoms with Crippen LogP contribution in [-0.4, -0.2) is 6.71 Å². The lowest BCUT2D eigenvalue weighted by Crippen LogP contribution is -2.61. The van der Waals surface area contributed by atoms with Crippen molar-refractivity contribution in [3.05, 3.63) is 110 Å². The zero-order valence-electron chi connectivity index (χ0n) is 46.4. The van der Waals surface area contributed by atoms with Crippen molar-refractivity contribution in [1.29, 1.82) is 0 Å². The van der Waals surface area contributed by atoms with Crippen molar-refractivity contribution in [1.82, 2.24) is 0 Å². The molecule has 7 aliphatic rings. The van der Waals surface area contributed by atoms with Gasteiger partial charge in [-0.1, -0.05) is 148 Å². The summed E-state index contributed by atoms with van der Waals surface area (Å²) in [5.74, 6) is 0.557. The zero-order chi connectivity index (χ0) is 49.7. The maximum absolute atomic E-state index is 2.89. The SMILES string of the molecule is CC1(C)CCC(C)(C)c2cc(N3c4cc5c(cc4B4c6sc7c(c6N(c6ccc8c(c6)C(C)(C)CCC8(C)C)c6cc(C8CCCCC8)cc3c64)C(C)(C)CCC7(C)C)C(C)(C)CCC5(C)C)ccc21. The van der Waals surface area contributed by atoms with E-state index in [9.17, 15) is 0 Å². The lowest BCUT2D eigenvalue weighted by atomic mass is 9.35. The highest BCUT2D eigenvalue weighted by Gasteiger charge is 2.53. The first-order valence-electron chi connectivity index (χ1n) is 28.1. The second-order valence-electron chi connectivity index (χ2n) is 29.4. The number of nitrogens with zero attached hydrogens (tertiary/aromatic N) is 2. The zero-order valence-corrected chi connectivity index (χ0v) is 47.2. The molecule has 1 aromatic heterocycles. The monoisotopic (exact) mass is 949 g/mol. The number of thiophene rings is 1. The molecule has 0 unspecified atom stereocenters. The molecule has 4 aromatic carbocycles. The third-order valence-electron chi connectivity index (χ3n) is 20.8.